The summed E-state index contributed by atoms with van der Waals surface area (Å²) in [5.74, 6) is 3.86. The van der Waals surface area contributed by atoms with Crippen molar-refractivity contribution in [1.82, 2.24) is 10.5 Å². The number of rotatable bonds is 3. The quantitative estimate of drug-likeness (QED) is 0.881. The monoisotopic (exact) mass is 273 g/mol. The van der Waals surface area contributed by atoms with E-state index in [0.717, 1.165) is 11.4 Å². The lowest BCUT2D eigenvalue weighted by atomic mass is 10.4. The molecule has 1 aromatic rings. The minimum atomic E-state index is -0.239. The van der Waals surface area contributed by atoms with E-state index in [1.54, 1.807) is 6.07 Å². The molecule has 0 aliphatic carbocycles. The Hall–Kier alpha value is -0.820. The van der Waals surface area contributed by atoms with Crippen LogP contribution < -0.4 is 10.6 Å². The van der Waals surface area contributed by atoms with Gasteiger partial charge in [-0.15, -0.1) is 0 Å². The molecule has 2 heterocycles. The molecule has 5 nitrogen and oxygen atoms in total. The van der Waals surface area contributed by atoms with Crippen molar-refractivity contribution in [2.24, 2.45) is 0 Å². The number of nitrogens with zero attached hydrogens (tertiary/aromatic N) is 1. The Labute approximate surface area is 108 Å². The van der Waals surface area contributed by atoms with Gasteiger partial charge in [-0.05, 0) is 6.92 Å². The largest absolute Gasteiger partial charge is 0.338 e. The zero-order chi connectivity index (χ0) is 12.1. The Bertz CT molecular complexity index is 377. The Balaban J connectivity index is 1.70. The number of aryl methyl sites for hydroxylation is 1. The first kappa shape index (κ1) is 12.6. The van der Waals surface area contributed by atoms with Crippen LogP contribution >= 0.6 is 23.5 Å². The maximum atomic E-state index is 11.5. The van der Waals surface area contributed by atoms with E-state index < -0.39 is 0 Å². The number of hydrogen-bond acceptors (Lipinski definition) is 5. The van der Waals surface area contributed by atoms with Crippen molar-refractivity contribution in [3.8, 4) is 0 Å². The van der Waals surface area contributed by atoms with Gasteiger partial charge in [0.2, 0.25) is 5.88 Å². The lowest BCUT2D eigenvalue weighted by molar-refractivity contribution is 0.251. The van der Waals surface area contributed by atoms with Gasteiger partial charge < -0.3 is 9.84 Å². The molecule has 0 bridgehead atoms. The van der Waals surface area contributed by atoms with Gasteiger partial charge in [-0.25, -0.2) is 4.79 Å². The molecule has 2 rings (SSSR count). The van der Waals surface area contributed by atoms with E-state index in [9.17, 15) is 4.79 Å². The molecule has 7 heteroatoms. The molecule has 0 aromatic carbocycles. The molecule has 1 aromatic heterocycles. The topological polar surface area (TPSA) is 67.2 Å². The van der Waals surface area contributed by atoms with Crippen LogP contribution in [-0.2, 0) is 0 Å². The SMILES string of the molecule is Cc1cc(NC(=O)NC[C@@H]2CSCCS2)on1. The maximum Gasteiger partial charge on any atom is 0.321 e. The minimum absolute atomic E-state index is 0.239. The molecule has 0 radical (unpaired) electrons. The molecule has 94 valence electrons. The molecule has 2 amide bonds. The lowest BCUT2D eigenvalue weighted by Crippen LogP contribution is -2.36. The third-order valence-corrected chi connectivity index (χ3v) is 5.08. The van der Waals surface area contributed by atoms with Crippen LogP contribution in [0.5, 0.6) is 0 Å². The molecular formula is C10H15N3O2S2. The highest BCUT2D eigenvalue weighted by Crippen LogP contribution is 2.23. The van der Waals surface area contributed by atoms with Crippen LogP contribution in [0, 0.1) is 6.92 Å². The number of nitrogens with one attached hydrogen (secondary N) is 2. The number of carbonyl (C=O) groups is 1. The summed E-state index contributed by atoms with van der Waals surface area (Å²) in [6.45, 7) is 2.50. The van der Waals surface area contributed by atoms with Gasteiger partial charge in [0.05, 0.1) is 5.69 Å². The fourth-order valence-electron chi connectivity index (χ4n) is 1.44. The van der Waals surface area contributed by atoms with Gasteiger partial charge in [0.1, 0.15) is 0 Å². The molecule has 0 unspecified atom stereocenters. The van der Waals surface area contributed by atoms with Crippen LogP contribution in [0.3, 0.4) is 0 Å². The van der Waals surface area contributed by atoms with E-state index in [2.05, 4.69) is 15.8 Å². The number of aromatic nitrogens is 1. The highest BCUT2D eigenvalue weighted by atomic mass is 32.2. The summed E-state index contributed by atoms with van der Waals surface area (Å²) in [5, 5.41) is 9.65. The molecule has 1 atom stereocenters. The van der Waals surface area contributed by atoms with Gasteiger partial charge >= 0.3 is 6.03 Å². The van der Waals surface area contributed by atoms with Gasteiger partial charge in [-0.1, -0.05) is 5.16 Å². The fourth-order valence-corrected chi connectivity index (χ4v) is 4.05. The van der Waals surface area contributed by atoms with Crippen LogP contribution in [-0.4, -0.2) is 40.2 Å². The normalized spacial score (nSPS) is 19.9. The predicted molar refractivity (Wildman–Crippen MR) is 71.8 cm³/mol. The maximum absolute atomic E-state index is 11.5. The molecule has 0 saturated carbocycles. The Kier molecular flexibility index (Phi) is 4.61. The van der Waals surface area contributed by atoms with E-state index in [-0.39, 0.29) is 6.03 Å². The Morgan fingerprint density at radius 1 is 1.65 bits per heavy atom. The molecule has 1 fully saturated rings. The van der Waals surface area contributed by atoms with Crippen molar-refractivity contribution in [2.45, 2.75) is 12.2 Å². The molecule has 1 aliphatic rings. The van der Waals surface area contributed by atoms with Gasteiger partial charge in [0.15, 0.2) is 0 Å². The highest BCUT2D eigenvalue weighted by Gasteiger charge is 2.15. The van der Waals surface area contributed by atoms with Gasteiger partial charge in [0, 0.05) is 35.1 Å². The van der Waals surface area contributed by atoms with Crippen LogP contribution in [0.1, 0.15) is 5.69 Å². The van der Waals surface area contributed by atoms with E-state index in [4.69, 9.17) is 4.52 Å². The molecule has 2 N–H and O–H groups in total. The number of thioether (sulfide) groups is 2. The number of carbonyl (C=O) groups excluding carboxylic acids is 1. The summed E-state index contributed by atoms with van der Waals surface area (Å²) in [4.78, 5) is 11.5. The third-order valence-electron chi connectivity index (χ3n) is 2.24. The number of amides is 2. The van der Waals surface area contributed by atoms with E-state index in [1.807, 2.05) is 30.4 Å². The van der Waals surface area contributed by atoms with Crippen molar-refractivity contribution in [1.29, 1.82) is 0 Å². The summed E-state index contributed by atoms with van der Waals surface area (Å²) in [7, 11) is 0. The first-order valence-corrected chi connectivity index (χ1v) is 7.62. The predicted octanol–water partition coefficient (Wildman–Crippen LogP) is 1.95. The molecule has 1 saturated heterocycles. The van der Waals surface area contributed by atoms with Crippen molar-refractivity contribution in [2.75, 3.05) is 29.1 Å². The molecular weight excluding hydrogens is 258 g/mol. The van der Waals surface area contributed by atoms with E-state index in [0.29, 0.717) is 17.7 Å². The van der Waals surface area contributed by atoms with Crippen LogP contribution in [0.15, 0.2) is 10.6 Å². The summed E-state index contributed by atoms with van der Waals surface area (Å²) < 4.78 is 4.90. The Morgan fingerprint density at radius 3 is 3.18 bits per heavy atom. The fraction of sp³-hybridized carbons (Fsp3) is 0.600. The summed E-state index contributed by atoms with van der Waals surface area (Å²) >= 11 is 3.86. The first-order chi connectivity index (χ1) is 8.24. The second-order valence-corrected chi connectivity index (χ2v) is 6.29. The minimum Gasteiger partial charge on any atom is -0.338 e. The zero-order valence-corrected chi connectivity index (χ0v) is 11.2. The van der Waals surface area contributed by atoms with Crippen molar-refractivity contribution >= 4 is 35.4 Å². The first-order valence-electron chi connectivity index (χ1n) is 5.41. The van der Waals surface area contributed by atoms with E-state index >= 15 is 0 Å². The van der Waals surface area contributed by atoms with Crippen molar-refractivity contribution < 1.29 is 9.32 Å². The number of hydrogen-bond donors (Lipinski definition) is 2. The van der Waals surface area contributed by atoms with Crippen LogP contribution in [0.4, 0.5) is 10.7 Å². The average molecular weight is 273 g/mol. The summed E-state index contributed by atoms with van der Waals surface area (Å²) in [6.07, 6.45) is 0. The smallest absolute Gasteiger partial charge is 0.321 e. The molecule has 0 spiro atoms. The summed E-state index contributed by atoms with van der Waals surface area (Å²) in [5.41, 5.74) is 0.750. The molecule has 17 heavy (non-hydrogen) atoms. The van der Waals surface area contributed by atoms with Gasteiger partial charge in [-0.2, -0.15) is 23.5 Å². The third kappa shape index (κ3) is 4.16. The number of anilines is 1. The average Bonchev–Trinajstić information content (AvgIpc) is 2.73. The lowest BCUT2D eigenvalue weighted by Gasteiger charge is -2.20. The van der Waals surface area contributed by atoms with Gasteiger partial charge in [-0.3, -0.25) is 5.32 Å². The Morgan fingerprint density at radius 2 is 2.53 bits per heavy atom. The highest BCUT2D eigenvalue weighted by molar-refractivity contribution is 8.06. The summed E-state index contributed by atoms with van der Waals surface area (Å²) in [6, 6.07) is 1.45. The zero-order valence-electron chi connectivity index (χ0n) is 9.56. The van der Waals surface area contributed by atoms with E-state index in [1.165, 1.54) is 11.5 Å². The van der Waals surface area contributed by atoms with Gasteiger partial charge in [0.25, 0.3) is 0 Å². The molecule has 1 aliphatic heterocycles. The van der Waals surface area contributed by atoms with Crippen LogP contribution in [0.25, 0.3) is 0 Å². The van der Waals surface area contributed by atoms with Crippen molar-refractivity contribution in [3.63, 3.8) is 0 Å². The second-order valence-electron chi connectivity index (χ2n) is 3.74. The second kappa shape index (κ2) is 6.20. The standard InChI is InChI=1S/C10H15N3O2S2/c1-7-4-9(15-13-7)12-10(14)11-5-8-6-16-2-3-17-8/h4,8H,2-3,5-6H2,1H3,(H2,11,12,14)/t8-/m1/s1. The van der Waals surface area contributed by atoms with Crippen LogP contribution in [0.2, 0.25) is 0 Å². The number of urea groups is 1. The van der Waals surface area contributed by atoms with Crippen molar-refractivity contribution in [3.05, 3.63) is 11.8 Å².